The van der Waals surface area contributed by atoms with Gasteiger partial charge in [0.25, 0.3) is 5.91 Å². The Bertz CT molecular complexity index is 730. The maximum atomic E-state index is 12.0. The fourth-order valence-electron chi connectivity index (χ4n) is 1.91. The van der Waals surface area contributed by atoms with E-state index >= 15 is 0 Å². The summed E-state index contributed by atoms with van der Waals surface area (Å²) in [6.45, 7) is -0.191. The first-order chi connectivity index (χ1) is 11.5. The van der Waals surface area contributed by atoms with E-state index in [9.17, 15) is 9.59 Å². The lowest BCUT2D eigenvalue weighted by atomic mass is 10.2. The molecule has 126 valence electrons. The van der Waals surface area contributed by atoms with Gasteiger partial charge in [0, 0.05) is 4.47 Å². The first-order valence-electron chi connectivity index (χ1n) is 6.98. The van der Waals surface area contributed by atoms with Gasteiger partial charge >= 0.3 is 5.97 Å². The largest absolute Gasteiger partial charge is 0.497 e. The molecule has 0 unspecified atom stereocenters. The van der Waals surface area contributed by atoms with Gasteiger partial charge in [0.15, 0.2) is 6.61 Å². The van der Waals surface area contributed by atoms with Crippen LogP contribution >= 0.6 is 15.9 Å². The molecule has 2 aromatic carbocycles. The molecule has 2 rings (SSSR count). The van der Waals surface area contributed by atoms with Crippen molar-refractivity contribution >= 4 is 33.5 Å². The number of rotatable bonds is 6. The van der Waals surface area contributed by atoms with Gasteiger partial charge in [0.1, 0.15) is 11.5 Å². The number of hydrogen-bond donors (Lipinski definition) is 1. The summed E-state index contributed by atoms with van der Waals surface area (Å²) >= 11 is 3.28. The van der Waals surface area contributed by atoms with Gasteiger partial charge < -0.3 is 19.5 Å². The number of anilines is 1. The Labute approximate surface area is 147 Å². The van der Waals surface area contributed by atoms with Crippen LogP contribution in [0, 0.1) is 0 Å². The van der Waals surface area contributed by atoms with Crippen LogP contribution in [0.3, 0.4) is 0 Å². The standard InChI is InChI=1S/C17H16BrNO5/c1-22-12-4-6-13(7-5-12)24-10-16(20)19-15-8-3-11(18)9-14(15)17(21)23-2/h3-9H,10H2,1-2H3,(H,19,20). The van der Waals surface area contributed by atoms with Crippen LogP contribution < -0.4 is 14.8 Å². The van der Waals surface area contributed by atoms with Gasteiger partial charge in [-0.3, -0.25) is 4.79 Å². The molecule has 0 aliphatic carbocycles. The van der Waals surface area contributed by atoms with E-state index in [1.165, 1.54) is 7.11 Å². The molecule has 1 amide bonds. The summed E-state index contributed by atoms with van der Waals surface area (Å²) in [5.74, 6) is 0.306. The molecule has 0 aliphatic heterocycles. The van der Waals surface area contributed by atoms with Crippen LogP contribution in [0.15, 0.2) is 46.9 Å². The zero-order chi connectivity index (χ0) is 17.5. The molecular weight excluding hydrogens is 378 g/mol. The fourth-order valence-corrected chi connectivity index (χ4v) is 2.27. The van der Waals surface area contributed by atoms with Crippen molar-refractivity contribution in [2.75, 3.05) is 26.1 Å². The Balaban J connectivity index is 2.00. The number of halogens is 1. The zero-order valence-electron chi connectivity index (χ0n) is 13.2. The lowest BCUT2D eigenvalue weighted by Crippen LogP contribution is -2.21. The van der Waals surface area contributed by atoms with E-state index in [1.54, 1.807) is 49.6 Å². The van der Waals surface area contributed by atoms with E-state index in [2.05, 4.69) is 21.2 Å². The number of hydrogen-bond acceptors (Lipinski definition) is 5. The predicted octanol–water partition coefficient (Wildman–Crippen LogP) is 3.26. The fraction of sp³-hybridized carbons (Fsp3) is 0.176. The molecule has 24 heavy (non-hydrogen) atoms. The third-order valence-corrected chi connectivity index (χ3v) is 3.58. The molecule has 0 saturated carbocycles. The highest BCUT2D eigenvalue weighted by atomic mass is 79.9. The number of carbonyl (C=O) groups is 2. The highest BCUT2D eigenvalue weighted by molar-refractivity contribution is 9.10. The van der Waals surface area contributed by atoms with E-state index < -0.39 is 11.9 Å². The van der Waals surface area contributed by atoms with Crippen LogP contribution in [0.2, 0.25) is 0 Å². The van der Waals surface area contributed by atoms with Crippen LogP contribution in [-0.4, -0.2) is 32.7 Å². The summed E-state index contributed by atoms with van der Waals surface area (Å²) in [5.41, 5.74) is 0.609. The molecule has 7 heteroatoms. The molecular formula is C17H16BrNO5. The second-order valence-electron chi connectivity index (χ2n) is 4.69. The molecule has 0 radical (unpaired) electrons. The van der Waals surface area contributed by atoms with Crippen LogP contribution in [0.25, 0.3) is 0 Å². The monoisotopic (exact) mass is 393 g/mol. The van der Waals surface area contributed by atoms with Gasteiger partial charge in [0.2, 0.25) is 0 Å². The second-order valence-corrected chi connectivity index (χ2v) is 5.61. The van der Waals surface area contributed by atoms with E-state index in [0.717, 1.165) is 0 Å². The average Bonchev–Trinajstić information content (AvgIpc) is 2.61. The van der Waals surface area contributed by atoms with Crippen LogP contribution in [0.1, 0.15) is 10.4 Å². The lowest BCUT2D eigenvalue weighted by molar-refractivity contribution is -0.118. The minimum absolute atomic E-state index is 0.191. The van der Waals surface area contributed by atoms with Gasteiger partial charge in [-0.25, -0.2) is 4.79 Å². The zero-order valence-corrected chi connectivity index (χ0v) is 14.8. The second kappa shape index (κ2) is 8.35. The summed E-state index contributed by atoms with van der Waals surface area (Å²) in [7, 11) is 2.85. The third kappa shape index (κ3) is 4.73. The molecule has 0 aliphatic rings. The normalized spacial score (nSPS) is 9.96. The van der Waals surface area contributed by atoms with Gasteiger partial charge in [-0.2, -0.15) is 0 Å². The molecule has 2 aromatic rings. The minimum Gasteiger partial charge on any atom is -0.497 e. The number of methoxy groups -OCH3 is 2. The third-order valence-electron chi connectivity index (χ3n) is 3.09. The van der Waals surface area contributed by atoms with Gasteiger partial charge in [0.05, 0.1) is 25.5 Å². The molecule has 6 nitrogen and oxygen atoms in total. The Hall–Kier alpha value is -2.54. The summed E-state index contributed by atoms with van der Waals surface area (Å²) in [6, 6.07) is 11.8. The molecule has 0 aromatic heterocycles. The van der Waals surface area contributed by atoms with E-state index in [1.807, 2.05) is 0 Å². The van der Waals surface area contributed by atoms with Crippen LogP contribution in [0.4, 0.5) is 5.69 Å². The van der Waals surface area contributed by atoms with Crippen molar-refractivity contribution in [3.63, 3.8) is 0 Å². The molecule has 0 fully saturated rings. The van der Waals surface area contributed by atoms with Crippen molar-refractivity contribution in [3.8, 4) is 11.5 Å². The van der Waals surface area contributed by atoms with Crippen molar-refractivity contribution in [3.05, 3.63) is 52.5 Å². The summed E-state index contributed by atoms with van der Waals surface area (Å²) in [6.07, 6.45) is 0. The Morgan fingerprint density at radius 2 is 1.71 bits per heavy atom. The van der Waals surface area contributed by atoms with Crippen molar-refractivity contribution in [1.82, 2.24) is 0 Å². The first kappa shape index (κ1) is 17.8. The first-order valence-corrected chi connectivity index (χ1v) is 7.77. The Kier molecular flexibility index (Phi) is 6.20. The molecule has 1 N–H and O–H groups in total. The summed E-state index contributed by atoms with van der Waals surface area (Å²) < 4.78 is 15.9. The predicted molar refractivity (Wildman–Crippen MR) is 92.6 cm³/mol. The highest BCUT2D eigenvalue weighted by Gasteiger charge is 2.14. The number of carbonyl (C=O) groups excluding carboxylic acids is 2. The van der Waals surface area contributed by atoms with Crippen molar-refractivity contribution in [2.45, 2.75) is 0 Å². The maximum Gasteiger partial charge on any atom is 0.340 e. The van der Waals surface area contributed by atoms with Crippen LogP contribution in [-0.2, 0) is 9.53 Å². The Morgan fingerprint density at radius 3 is 2.33 bits per heavy atom. The van der Waals surface area contributed by atoms with Crippen LogP contribution in [0.5, 0.6) is 11.5 Å². The van der Waals surface area contributed by atoms with Crippen molar-refractivity contribution in [2.24, 2.45) is 0 Å². The highest BCUT2D eigenvalue weighted by Crippen LogP contribution is 2.22. The minimum atomic E-state index is -0.539. The van der Waals surface area contributed by atoms with E-state index in [4.69, 9.17) is 14.2 Å². The number of esters is 1. The quantitative estimate of drug-likeness (QED) is 0.762. The van der Waals surface area contributed by atoms with E-state index in [-0.39, 0.29) is 12.2 Å². The molecule has 0 bridgehead atoms. The number of ether oxygens (including phenoxy) is 3. The Morgan fingerprint density at radius 1 is 1.04 bits per heavy atom. The SMILES string of the molecule is COC(=O)c1cc(Br)ccc1NC(=O)COc1ccc(OC)cc1. The van der Waals surface area contributed by atoms with E-state index in [0.29, 0.717) is 21.7 Å². The van der Waals surface area contributed by atoms with Gasteiger partial charge in [-0.05, 0) is 42.5 Å². The van der Waals surface area contributed by atoms with Crippen molar-refractivity contribution in [1.29, 1.82) is 0 Å². The molecule has 0 heterocycles. The lowest BCUT2D eigenvalue weighted by Gasteiger charge is -2.11. The van der Waals surface area contributed by atoms with Crippen molar-refractivity contribution < 1.29 is 23.8 Å². The average molecular weight is 394 g/mol. The number of amides is 1. The number of nitrogens with one attached hydrogen (secondary N) is 1. The molecule has 0 saturated heterocycles. The smallest absolute Gasteiger partial charge is 0.340 e. The molecule has 0 atom stereocenters. The summed E-state index contributed by atoms with van der Waals surface area (Å²) in [5, 5.41) is 2.64. The summed E-state index contributed by atoms with van der Waals surface area (Å²) in [4.78, 5) is 23.8. The van der Waals surface area contributed by atoms with Gasteiger partial charge in [-0.1, -0.05) is 15.9 Å². The number of benzene rings is 2. The maximum absolute atomic E-state index is 12.0. The topological polar surface area (TPSA) is 73.9 Å². The van der Waals surface area contributed by atoms with Gasteiger partial charge in [-0.15, -0.1) is 0 Å². The molecule has 0 spiro atoms.